The van der Waals surface area contributed by atoms with Crippen LogP contribution < -0.4 is 5.69 Å². The van der Waals surface area contributed by atoms with Gasteiger partial charge in [-0.05, 0) is 35.9 Å². The first-order chi connectivity index (χ1) is 16.3. The van der Waals surface area contributed by atoms with E-state index in [1.165, 1.54) is 38.6 Å². The number of hydrogen-bond donors (Lipinski definition) is 0. The molecule has 1 aromatic carbocycles. The van der Waals surface area contributed by atoms with Crippen LogP contribution in [0.3, 0.4) is 0 Å². The first-order valence-electron chi connectivity index (χ1n) is 10.9. The summed E-state index contributed by atoms with van der Waals surface area (Å²) in [6.07, 6.45) is 1.04. The first-order valence-corrected chi connectivity index (χ1v) is 13.2. The van der Waals surface area contributed by atoms with E-state index >= 15 is 0 Å². The van der Waals surface area contributed by atoms with Crippen molar-refractivity contribution in [3.63, 3.8) is 0 Å². The van der Waals surface area contributed by atoms with E-state index in [2.05, 4.69) is 5.10 Å². The zero-order valence-corrected chi connectivity index (χ0v) is 20.7. The second-order valence-corrected chi connectivity index (χ2v) is 11.3. The summed E-state index contributed by atoms with van der Waals surface area (Å²) < 4.78 is 35.5. The Morgan fingerprint density at radius 3 is 2.47 bits per heavy atom. The van der Waals surface area contributed by atoms with E-state index in [1.807, 2.05) is 47.8 Å². The van der Waals surface area contributed by atoms with Gasteiger partial charge in [0.25, 0.3) is 10.2 Å². The van der Waals surface area contributed by atoms with Crippen LogP contribution in [-0.4, -0.2) is 64.5 Å². The maximum absolute atomic E-state index is 13.2. The number of thiophene rings is 1. The van der Waals surface area contributed by atoms with Gasteiger partial charge in [-0.15, -0.1) is 11.3 Å². The molecule has 0 radical (unpaired) electrons. The zero-order chi connectivity index (χ0) is 24.3. The molecule has 1 saturated heterocycles. The number of hydrogen-bond acceptors (Lipinski definition) is 7. The van der Waals surface area contributed by atoms with E-state index in [0.717, 1.165) is 10.2 Å². The standard InChI is InChI=1S/C22H27N5O5S2/c1-24(2)34(30,31)25-12-10-18(11-13-25)21-23-26(22(29)27(21)19-9-6-14-33-19)15-20(28)32-16-17-7-4-3-5-8-17/h3-9,14,18H,10-13,15-16H2,1-2H3. The van der Waals surface area contributed by atoms with Gasteiger partial charge in [0.1, 0.15) is 24.0 Å². The molecule has 10 nitrogen and oxygen atoms in total. The van der Waals surface area contributed by atoms with E-state index < -0.39 is 21.9 Å². The second-order valence-electron chi connectivity index (χ2n) is 8.19. The topological polar surface area (TPSA) is 107 Å². The van der Waals surface area contributed by atoms with Crippen molar-refractivity contribution in [3.05, 3.63) is 69.7 Å². The number of piperidine rings is 1. The van der Waals surface area contributed by atoms with Crippen LogP contribution in [0, 0.1) is 0 Å². The molecule has 1 aliphatic rings. The molecule has 12 heteroatoms. The van der Waals surface area contributed by atoms with Gasteiger partial charge in [-0.25, -0.2) is 14.0 Å². The highest BCUT2D eigenvalue weighted by molar-refractivity contribution is 7.86. The van der Waals surface area contributed by atoms with E-state index in [4.69, 9.17) is 4.74 Å². The smallest absolute Gasteiger partial charge is 0.351 e. The average molecular weight is 506 g/mol. The van der Waals surface area contributed by atoms with Crippen LogP contribution in [0.15, 0.2) is 52.6 Å². The number of rotatable bonds is 8. The number of carbonyl (C=O) groups excluding carboxylic acids is 1. The molecule has 0 N–H and O–H groups in total. The van der Waals surface area contributed by atoms with Crippen molar-refractivity contribution in [2.75, 3.05) is 27.2 Å². The molecule has 0 unspecified atom stereocenters. The summed E-state index contributed by atoms with van der Waals surface area (Å²) in [5.41, 5.74) is 0.435. The molecule has 0 saturated carbocycles. The Balaban J connectivity index is 1.53. The summed E-state index contributed by atoms with van der Waals surface area (Å²) in [7, 11) is -0.477. The van der Waals surface area contributed by atoms with Crippen LogP contribution in [0.4, 0.5) is 0 Å². The van der Waals surface area contributed by atoms with Crippen LogP contribution in [0.2, 0.25) is 0 Å². The number of nitrogens with zero attached hydrogens (tertiary/aromatic N) is 5. The summed E-state index contributed by atoms with van der Waals surface area (Å²) in [5, 5.41) is 7.07. The molecule has 1 fully saturated rings. The SMILES string of the molecule is CN(C)S(=O)(=O)N1CCC(c2nn(CC(=O)OCc3ccccc3)c(=O)n2-c2cccs2)CC1. The van der Waals surface area contributed by atoms with Crippen molar-refractivity contribution in [3.8, 4) is 5.00 Å². The fourth-order valence-corrected chi connectivity index (χ4v) is 5.74. The Bertz CT molecular complexity index is 1270. The molecule has 1 aliphatic heterocycles. The molecular weight excluding hydrogens is 478 g/mol. The van der Waals surface area contributed by atoms with Crippen LogP contribution in [0.5, 0.6) is 0 Å². The van der Waals surface area contributed by atoms with Gasteiger partial charge in [-0.2, -0.15) is 22.1 Å². The summed E-state index contributed by atoms with van der Waals surface area (Å²) in [5.74, 6) is -0.143. The number of ether oxygens (including phenoxy) is 1. The Morgan fingerprint density at radius 1 is 1.15 bits per heavy atom. The fourth-order valence-electron chi connectivity index (χ4n) is 3.88. The predicted molar refractivity (Wildman–Crippen MR) is 128 cm³/mol. The third-order valence-electron chi connectivity index (χ3n) is 5.72. The van der Waals surface area contributed by atoms with Gasteiger partial charge in [-0.1, -0.05) is 30.3 Å². The molecule has 3 heterocycles. The molecule has 0 atom stereocenters. The Morgan fingerprint density at radius 2 is 1.85 bits per heavy atom. The highest BCUT2D eigenvalue weighted by Gasteiger charge is 2.33. The van der Waals surface area contributed by atoms with Crippen LogP contribution in [0.25, 0.3) is 5.00 Å². The molecule has 2 aromatic heterocycles. The van der Waals surface area contributed by atoms with Gasteiger partial charge in [0.05, 0.1) is 0 Å². The van der Waals surface area contributed by atoms with Gasteiger partial charge in [-0.3, -0.25) is 4.79 Å². The summed E-state index contributed by atoms with van der Waals surface area (Å²) in [4.78, 5) is 25.6. The van der Waals surface area contributed by atoms with Crippen LogP contribution in [-0.2, 0) is 32.9 Å². The second kappa shape index (κ2) is 10.2. The third-order valence-corrected chi connectivity index (χ3v) is 8.51. The lowest BCUT2D eigenvalue weighted by atomic mass is 9.97. The van der Waals surface area contributed by atoms with Crippen LogP contribution in [0.1, 0.15) is 30.1 Å². The minimum absolute atomic E-state index is 0.117. The van der Waals surface area contributed by atoms with E-state index in [0.29, 0.717) is 36.8 Å². The molecule has 0 spiro atoms. The molecule has 4 rings (SSSR count). The Kier molecular flexibility index (Phi) is 7.31. The van der Waals surface area contributed by atoms with E-state index in [9.17, 15) is 18.0 Å². The monoisotopic (exact) mass is 505 g/mol. The summed E-state index contributed by atoms with van der Waals surface area (Å²) in [6.45, 7) is 0.474. The van der Waals surface area contributed by atoms with E-state index in [-0.39, 0.29) is 19.1 Å². The lowest BCUT2D eigenvalue weighted by Crippen LogP contribution is -2.44. The first kappa shape index (κ1) is 24.3. The number of esters is 1. The Hall–Kier alpha value is -2.80. The largest absolute Gasteiger partial charge is 0.459 e. The highest BCUT2D eigenvalue weighted by atomic mass is 32.2. The third kappa shape index (κ3) is 5.14. The molecule has 0 aliphatic carbocycles. The number of benzene rings is 1. The predicted octanol–water partition coefficient (Wildman–Crippen LogP) is 1.82. The Labute approximate surface area is 202 Å². The summed E-state index contributed by atoms with van der Waals surface area (Å²) >= 11 is 1.40. The number of carbonyl (C=O) groups is 1. The molecule has 3 aromatic rings. The fraction of sp³-hybridized carbons (Fsp3) is 0.409. The van der Waals surface area contributed by atoms with Crippen molar-refractivity contribution >= 4 is 27.5 Å². The van der Waals surface area contributed by atoms with Crippen molar-refractivity contribution in [2.45, 2.75) is 31.9 Å². The van der Waals surface area contributed by atoms with Crippen LogP contribution >= 0.6 is 11.3 Å². The minimum Gasteiger partial charge on any atom is -0.459 e. The van der Waals surface area contributed by atoms with Gasteiger partial charge >= 0.3 is 11.7 Å². The normalized spacial score (nSPS) is 15.6. The molecule has 0 amide bonds. The van der Waals surface area contributed by atoms with Gasteiger partial charge in [0.15, 0.2) is 0 Å². The van der Waals surface area contributed by atoms with Crippen molar-refractivity contribution in [1.82, 2.24) is 23.0 Å². The lowest BCUT2D eigenvalue weighted by molar-refractivity contribution is -0.146. The zero-order valence-electron chi connectivity index (χ0n) is 19.0. The van der Waals surface area contributed by atoms with Gasteiger partial charge in [0, 0.05) is 33.1 Å². The number of aromatic nitrogens is 3. The van der Waals surface area contributed by atoms with Gasteiger partial charge < -0.3 is 4.74 Å². The lowest BCUT2D eigenvalue weighted by Gasteiger charge is -2.32. The van der Waals surface area contributed by atoms with E-state index in [1.54, 1.807) is 0 Å². The van der Waals surface area contributed by atoms with Crippen molar-refractivity contribution in [2.24, 2.45) is 0 Å². The molecule has 34 heavy (non-hydrogen) atoms. The van der Waals surface area contributed by atoms with Crippen molar-refractivity contribution < 1.29 is 17.9 Å². The quantitative estimate of drug-likeness (QED) is 0.433. The maximum atomic E-state index is 13.2. The summed E-state index contributed by atoms with van der Waals surface area (Å²) in [6, 6.07) is 13.0. The highest BCUT2D eigenvalue weighted by Crippen LogP contribution is 2.30. The maximum Gasteiger partial charge on any atom is 0.351 e. The van der Waals surface area contributed by atoms with Gasteiger partial charge in [0.2, 0.25) is 0 Å². The van der Waals surface area contributed by atoms with Crippen molar-refractivity contribution in [1.29, 1.82) is 0 Å². The molecule has 182 valence electrons. The minimum atomic E-state index is -3.49. The molecular formula is C22H27N5O5S2. The molecule has 0 bridgehead atoms. The average Bonchev–Trinajstić information content (AvgIpc) is 3.46.